The van der Waals surface area contributed by atoms with E-state index < -0.39 is 0 Å². The average molecular weight is 210 g/mol. The van der Waals surface area contributed by atoms with Gasteiger partial charge in [-0.25, -0.2) is 9.97 Å². The molecule has 0 amide bonds. The van der Waals surface area contributed by atoms with Gasteiger partial charge in [0.2, 0.25) is 0 Å². The number of rotatable bonds is 4. The Kier molecular flexibility index (Phi) is 3.99. The summed E-state index contributed by atoms with van der Waals surface area (Å²) in [4.78, 5) is 12.0. The highest BCUT2D eigenvalue weighted by Gasteiger charge is 2.10. The van der Waals surface area contributed by atoms with Crippen LogP contribution in [0.25, 0.3) is 0 Å². The Bertz CT molecular complexity index is 297. The van der Waals surface area contributed by atoms with Gasteiger partial charge in [-0.15, -0.1) is 0 Å². The van der Waals surface area contributed by atoms with E-state index in [-0.39, 0.29) is 5.75 Å². The van der Waals surface area contributed by atoms with E-state index in [4.69, 9.17) is 0 Å². The molecule has 5 nitrogen and oxygen atoms in total. The lowest BCUT2D eigenvalue weighted by atomic mass is 10.2. The van der Waals surface area contributed by atoms with E-state index in [0.29, 0.717) is 24.5 Å². The molecule has 0 aliphatic carbocycles. The maximum absolute atomic E-state index is 9.91. The predicted molar refractivity (Wildman–Crippen MR) is 58.5 cm³/mol. The molecule has 0 atom stereocenters. The number of aromatic nitrogens is 2. The van der Waals surface area contributed by atoms with Gasteiger partial charge >= 0.3 is 0 Å². The third-order valence-electron chi connectivity index (χ3n) is 1.91. The normalized spacial score (nSPS) is 11.3. The Morgan fingerprint density at radius 2 is 1.40 bits per heavy atom. The van der Waals surface area contributed by atoms with Crippen molar-refractivity contribution in [2.75, 3.05) is 28.2 Å². The first kappa shape index (κ1) is 11.9. The topological polar surface area (TPSA) is 52.5 Å². The highest BCUT2D eigenvalue weighted by atomic mass is 16.3. The maximum atomic E-state index is 9.91. The first-order valence-electron chi connectivity index (χ1n) is 4.82. The van der Waals surface area contributed by atoms with Crippen LogP contribution in [-0.2, 0) is 13.1 Å². The fourth-order valence-corrected chi connectivity index (χ4v) is 1.29. The molecule has 0 unspecified atom stereocenters. The molecule has 0 bridgehead atoms. The van der Waals surface area contributed by atoms with Crippen LogP contribution in [0.2, 0.25) is 0 Å². The standard InChI is InChI=1S/C10H18N4O/c1-13(2)5-8-10(15)9(6-14(3)4)12-7-11-8/h7,15H,5-6H2,1-4H3. The molecule has 0 aliphatic rings. The van der Waals surface area contributed by atoms with Crippen molar-refractivity contribution in [3.63, 3.8) is 0 Å². The minimum absolute atomic E-state index is 0.208. The van der Waals surface area contributed by atoms with Crippen LogP contribution in [0.4, 0.5) is 0 Å². The smallest absolute Gasteiger partial charge is 0.161 e. The summed E-state index contributed by atoms with van der Waals surface area (Å²) in [6, 6.07) is 0. The summed E-state index contributed by atoms with van der Waals surface area (Å²) in [6.07, 6.45) is 1.50. The molecule has 0 saturated carbocycles. The Balaban J connectivity index is 2.90. The maximum Gasteiger partial charge on any atom is 0.161 e. The van der Waals surface area contributed by atoms with Crippen LogP contribution >= 0.6 is 0 Å². The summed E-state index contributed by atoms with van der Waals surface area (Å²) in [5.41, 5.74) is 1.35. The van der Waals surface area contributed by atoms with Crippen molar-refractivity contribution in [1.82, 2.24) is 19.8 Å². The van der Waals surface area contributed by atoms with Crippen molar-refractivity contribution in [1.29, 1.82) is 0 Å². The monoisotopic (exact) mass is 210 g/mol. The van der Waals surface area contributed by atoms with Gasteiger partial charge in [0.1, 0.15) is 6.33 Å². The van der Waals surface area contributed by atoms with Crippen LogP contribution < -0.4 is 0 Å². The molecule has 0 spiro atoms. The van der Waals surface area contributed by atoms with Gasteiger partial charge in [0.25, 0.3) is 0 Å². The number of hydrogen-bond acceptors (Lipinski definition) is 5. The van der Waals surface area contributed by atoms with E-state index in [2.05, 4.69) is 9.97 Å². The first-order valence-corrected chi connectivity index (χ1v) is 4.82. The van der Waals surface area contributed by atoms with Gasteiger partial charge in [-0.3, -0.25) is 0 Å². The average Bonchev–Trinajstić information content (AvgIpc) is 2.10. The van der Waals surface area contributed by atoms with Crippen molar-refractivity contribution in [2.45, 2.75) is 13.1 Å². The van der Waals surface area contributed by atoms with Crippen molar-refractivity contribution >= 4 is 0 Å². The third-order valence-corrected chi connectivity index (χ3v) is 1.91. The Labute approximate surface area is 90.4 Å². The predicted octanol–water partition coefficient (Wildman–Crippen LogP) is 0.305. The second kappa shape index (κ2) is 5.04. The Hall–Kier alpha value is -1.20. The van der Waals surface area contributed by atoms with Crippen LogP contribution in [0.15, 0.2) is 6.33 Å². The number of hydrogen-bond donors (Lipinski definition) is 1. The molecule has 15 heavy (non-hydrogen) atoms. The molecule has 0 aliphatic heterocycles. The minimum Gasteiger partial charge on any atom is -0.504 e. The van der Waals surface area contributed by atoms with Gasteiger partial charge in [-0.2, -0.15) is 0 Å². The molecule has 0 saturated heterocycles. The molecule has 1 aromatic heterocycles. The van der Waals surface area contributed by atoms with E-state index >= 15 is 0 Å². The molecule has 84 valence electrons. The van der Waals surface area contributed by atoms with E-state index in [1.165, 1.54) is 6.33 Å². The van der Waals surface area contributed by atoms with Gasteiger partial charge < -0.3 is 14.9 Å². The largest absolute Gasteiger partial charge is 0.504 e. The van der Waals surface area contributed by atoms with E-state index in [0.717, 1.165) is 0 Å². The lowest BCUT2D eigenvalue weighted by Gasteiger charge is -2.14. The van der Waals surface area contributed by atoms with E-state index in [9.17, 15) is 5.11 Å². The van der Waals surface area contributed by atoms with Gasteiger partial charge in [0, 0.05) is 13.1 Å². The van der Waals surface area contributed by atoms with Gasteiger partial charge in [0.15, 0.2) is 5.75 Å². The zero-order valence-corrected chi connectivity index (χ0v) is 9.73. The molecule has 1 heterocycles. The summed E-state index contributed by atoms with van der Waals surface area (Å²) in [6.45, 7) is 1.24. The number of nitrogens with zero attached hydrogens (tertiary/aromatic N) is 4. The van der Waals surface area contributed by atoms with Crippen molar-refractivity contribution in [3.05, 3.63) is 17.7 Å². The summed E-state index contributed by atoms with van der Waals surface area (Å²) in [7, 11) is 7.75. The summed E-state index contributed by atoms with van der Waals surface area (Å²) in [5, 5.41) is 9.91. The molecule has 5 heteroatoms. The first-order chi connectivity index (χ1) is 7.00. The lowest BCUT2D eigenvalue weighted by Crippen LogP contribution is -2.15. The highest BCUT2D eigenvalue weighted by Crippen LogP contribution is 2.19. The lowest BCUT2D eigenvalue weighted by molar-refractivity contribution is 0.357. The van der Waals surface area contributed by atoms with E-state index in [1.54, 1.807) is 0 Å². The molecule has 0 aromatic carbocycles. The zero-order valence-electron chi connectivity index (χ0n) is 9.73. The minimum atomic E-state index is 0.208. The molecule has 0 radical (unpaired) electrons. The third kappa shape index (κ3) is 3.45. The fourth-order valence-electron chi connectivity index (χ4n) is 1.29. The molecule has 0 fully saturated rings. The molecular weight excluding hydrogens is 192 g/mol. The molecule has 1 N–H and O–H groups in total. The SMILES string of the molecule is CN(C)Cc1ncnc(CN(C)C)c1O. The quantitative estimate of drug-likeness (QED) is 0.775. The van der Waals surface area contributed by atoms with Crippen molar-refractivity contribution < 1.29 is 5.11 Å². The second-order valence-electron chi connectivity index (χ2n) is 4.09. The summed E-state index contributed by atoms with van der Waals surface area (Å²) >= 11 is 0. The van der Waals surface area contributed by atoms with Crippen LogP contribution in [0.5, 0.6) is 5.75 Å². The summed E-state index contributed by atoms with van der Waals surface area (Å²) < 4.78 is 0. The zero-order chi connectivity index (χ0) is 11.4. The van der Waals surface area contributed by atoms with Crippen LogP contribution in [0, 0.1) is 0 Å². The Morgan fingerprint density at radius 3 is 1.73 bits per heavy atom. The highest BCUT2D eigenvalue weighted by molar-refractivity contribution is 5.30. The van der Waals surface area contributed by atoms with Crippen molar-refractivity contribution in [2.24, 2.45) is 0 Å². The van der Waals surface area contributed by atoms with Crippen LogP contribution in [0.1, 0.15) is 11.4 Å². The van der Waals surface area contributed by atoms with Gasteiger partial charge in [0.05, 0.1) is 11.4 Å². The van der Waals surface area contributed by atoms with Crippen molar-refractivity contribution in [3.8, 4) is 5.75 Å². The Morgan fingerprint density at radius 1 is 1.00 bits per heavy atom. The molecule has 1 aromatic rings. The van der Waals surface area contributed by atoms with Gasteiger partial charge in [-0.1, -0.05) is 0 Å². The fraction of sp³-hybridized carbons (Fsp3) is 0.600. The second-order valence-corrected chi connectivity index (χ2v) is 4.09. The molecular formula is C10H18N4O. The summed E-state index contributed by atoms with van der Waals surface area (Å²) in [5.74, 6) is 0.208. The van der Waals surface area contributed by atoms with Crippen LogP contribution in [-0.4, -0.2) is 53.1 Å². The number of aromatic hydroxyl groups is 1. The van der Waals surface area contributed by atoms with E-state index in [1.807, 2.05) is 38.0 Å². The van der Waals surface area contributed by atoms with Crippen LogP contribution in [0.3, 0.4) is 0 Å². The molecule has 1 rings (SSSR count). The van der Waals surface area contributed by atoms with Gasteiger partial charge in [-0.05, 0) is 28.2 Å².